The Balaban J connectivity index is 0. The van der Waals surface area contributed by atoms with Gasteiger partial charge in [0.05, 0.1) is 0 Å². The molecule has 0 aliphatic rings. The maximum atomic E-state index is 5.79. The number of halogens is 5. The minimum Gasteiger partial charge on any atom is -0.339 e. The van der Waals surface area contributed by atoms with Crippen molar-refractivity contribution in [1.29, 1.82) is 0 Å². The molecule has 13 heavy (non-hydrogen) atoms. The summed E-state index contributed by atoms with van der Waals surface area (Å²) in [7, 11) is -1.76. The second-order valence-corrected chi connectivity index (χ2v) is 19.3. The third-order valence-electron chi connectivity index (χ3n) is 0.452. The van der Waals surface area contributed by atoms with Crippen LogP contribution in [0.25, 0.3) is 0 Å². The van der Waals surface area contributed by atoms with Gasteiger partial charge in [-0.1, -0.05) is 0 Å². The molecule has 0 aromatic heterocycles. The summed E-state index contributed by atoms with van der Waals surface area (Å²) in [6.45, 7) is 5.87. The Hall–Kier alpha value is 1.91. The molecule has 0 bridgehead atoms. The highest BCUT2D eigenvalue weighted by molar-refractivity contribution is 7.44. The van der Waals surface area contributed by atoms with Gasteiger partial charge < -0.3 is 4.89 Å². The monoisotopic (exact) mass is 317 g/mol. The first kappa shape index (κ1) is 17.3. The van der Waals surface area contributed by atoms with Crippen LogP contribution in [0.5, 0.6) is 0 Å². The van der Waals surface area contributed by atoms with Gasteiger partial charge in [0.1, 0.15) is 0 Å². The molecular formula is C4H13BCl5NSi2. The van der Waals surface area contributed by atoms with E-state index >= 15 is 0 Å². The first-order valence-corrected chi connectivity index (χ1v) is 13.5. The van der Waals surface area contributed by atoms with Crippen LogP contribution in [0.2, 0.25) is 26.2 Å². The first-order chi connectivity index (χ1) is 5.42. The molecule has 0 spiro atoms. The summed E-state index contributed by atoms with van der Waals surface area (Å²) in [6, 6.07) is 0. The van der Waals surface area contributed by atoms with Crippen molar-refractivity contribution in [1.82, 2.24) is 4.89 Å². The number of rotatable bonds is 2. The van der Waals surface area contributed by atoms with Crippen LogP contribution in [0.1, 0.15) is 0 Å². The zero-order valence-electron chi connectivity index (χ0n) is 7.97. The average molecular weight is 319 g/mol. The zero-order chi connectivity index (χ0) is 11.3. The molecule has 0 heterocycles. The lowest BCUT2D eigenvalue weighted by atomic mass is 10.4. The van der Waals surface area contributed by atoms with Crippen molar-refractivity contribution in [3.05, 3.63) is 0 Å². The minimum absolute atomic E-state index is 0.533. The van der Waals surface area contributed by atoms with Crippen molar-refractivity contribution in [2.45, 2.75) is 26.2 Å². The molecule has 1 nitrogen and oxygen atoms in total. The summed E-state index contributed by atoms with van der Waals surface area (Å²) >= 11 is 27.4. The molecule has 0 saturated carbocycles. The van der Waals surface area contributed by atoms with Gasteiger partial charge in [-0.3, -0.25) is 0 Å². The van der Waals surface area contributed by atoms with E-state index in [1.54, 1.807) is 0 Å². The Morgan fingerprint density at radius 1 is 0.923 bits per heavy atom. The van der Waals surface area contributed by atoms with Crippen molar-refractivity contribution >= 4 is 76.1 Å². The molecule has 0 aromatic rings. The predicted octanol–water partition coefficient (Wildman–Crippen LogP) is 4.14. The third-order valence-corrected chi connectivity index (χ3v) is 2.34. The normalized spacial score (nSPS) is 11.8. The largest absolute Gasteiger partial charge is 0.426 e. The van der Waals surface area contributed by atoms with Gasteiger partial charge >= 0.3 is 5.68 Å². The molecular weight excluding hydrogens is 306 g/mol. The van der Waals surface area contributed by atoms with Gasteiger partial charge in [-0.25, -0.2) is 0 Å². The molecule has 0 aliphatic carbocycles. The quantitative estimate of drug-likeness (QED) is 0.596. The van der Waals surface area contributed by atoms with Crippen molar-refractivity contribution < 1.29 is 0 Å². The Morgan fingerprint density at radius 2 is 1.15 bits per heavy atom. The molecule has 0 amide bonds. The molecule has 0 aromatic carbocycles. The fourth-order valence-electron chi connectivity index (χ4n) is 0.259. The number of nitrogens with one attached hydrogen (secondary N) is 1. The maximum Gasteiger partial charge on any atom is 0.426 e. The van der Waals surface area contributed by atoms with E-state index in [0.29, 0.717) is 0 Å². The van der Waals surface area contributed by atoms with Gasteiger partial charge in [0.2, 0.25) is 14.2 Å². The number of hydrogen-bond donors (Lipinski definition) is 1. The van der Waals surface area contributed by atoms with Gasteiger partial charge in [-0.15, -0.1) is 56.2 Å². The summed E-state index contributed by atoms with van der Waals surface area (Å²) < 4.78 is 0. The fraction of sp³-hybridized carbons (Fsp3) is 1.00. The van der Waals surface area contributed by atoms with Crippen LogP contribution < -0.4 is 4.89 Å². The van der Waals surface area contributed by atoms with Crippen molar-refractivity contribution in [2.24, 2.45) is 0 Å². The van der Waals surface area contributed by atoms with Crippen molar-refractivity contribution in [3.8, 4) is 0 Å². The third kappa shape index (κ3) is 41.3. The number of hydrogen-bond acceptors (Lipinski definition) is 1. The predicted molar refractivity (Wildman–Crippen MR) is 73.1 cm³/mol. The highest BCUT2D eigenvalue weighted by Crippen LogP contribution is 2.10. The smallest absolute Gasteiger partial charge is 0.339 e. The average Bonchev–Trinajstić information content (AvgIpc) is 1.47. The van der Waals surface area contributed by atoms with Gasteiger partial charge in [0.15, 0.2) is 0 Å². The summed E-state index contributed by atoms with van der Waals surface area (Å²) in [5.74, 6) is 0. The molecule has 80 valence electrons. The van der Waals surface area contributed by atoms with Crippen molar-refractivity contribution in [2.75, 3.05) is 0 Å². The second kappa shape index (κ2) is 7.23. The van der Waals surface area contributed by atoms with Crippen LogP contribution in [0.3, 0.4) is 0 Å². The Bertz CT molecular complexity index is 127. The topological polar surface area (TPSA) is 12.0 Å². The SMILES string of the molecule is C[Si](C)(Cl)Cl.C[Si](C)(Cl)NB(Cl)Cl. The van der Waals surface area contributed by atoms with E-state index in [9.17, 15) is 0 Å². The van der Waals surface area contributed by atoms with Gasteiger partial charge in [0, 0.05) is 0 Å². The second-order valence-electron chi connectivity index (χ2n) is 3.24. The van der Waals surface area contributed by atoms with Crippen LogP contribution in [0.15, 0.2) is 0 Å². The van der Waals surface area contributed by atoms with Crippen molar-refractivity contribution in [3.63, 3.8) is 0 Å². The summed E-state index contributed by atoms with van der Waals surface area (Å²) in [5, 5.41) is 0. The minimum atomic E-state index is -1.76. The highest BCUT2D eigenvalue weighted by atomic mass is 35.7. The van der Waals surface area contributed by atoms with E-state index < -0.39 is 19.9 Å². The lowest BCUT2D eigenvalue weighted by Gasteiger charge is -2.13. The molecule has 0 aliphatic heterocycles. The van der Waals surface area contributed by atoms with Gasteiger partial charge in [-0.05, 0) is 26.2 Å². The Labute approximate surface area is 107 Å². The van der Waals surface area contributed by atoms with Gasteiger partial charge in [0.25, 0.3) is 0 Å². The molecule has 0 rings (SSSR count). The molecule has 0 saturated heterocycles. The summed E-state index contributed by atoms with van der Waals surface area (Å²) in [5.41, 5.74) is -0.533. The van der Waals surface area contributed by atoms with Gasteiger partial charge in [-0.2, -0.15) is 0 Å². The fourth-order valence-corrected chi connectivity index (χ4v) is 3.08. The van der Waals surface area contributed by atoms with E-state index in [2.05, 4.69) is 4.89 Å². The van der Waals surface area contributed by atoms with E-state index in [-0.39, 0.29) is 0 Å². The lowest BCUT2D eigenvalue weighted by Crippen LogP contribution is -2.43. The summed E-state index contributed by atoms with van der Waals surface area (Å²) in [4.78, 5) is 2.82. The Morgan fingerprint density at radius 3 is 1.15 bits per heavy atom. The van der Waals surface area contributed by atoms with Crippen LogP contribution in [-0.4, -0.2) is 19.9 Å². The molecule has 0 atom stereocenters. The van der Waals surface area contributed by atoms with Crippen LogP contribution in [-0.2, 0) is 0 Å². The summed E-state index contributed by atoms with van der Waals surface area (Å²) in [6.07, 6.45) is 0. The standard InChI is InChI=1S/C2H7BCl3NSi.C2H6Cl2Si/c1-8(2,6)7-3(4)5;1-5(2,3)4/h7H,1-2H3;1-2H3. The zero-order valence-corrected chi connectivity index (χ0v) is 13.7. The highest BCUT2D eigenvalue weighted by Gasteiger charge is 2.21. The van der Waals surface area contributed by atoms with Crippen LogP contribution in [0.4, 0.5) is 0 Å². The molecule has 0 unspecified atom stereocenters. The molecule has 0 fully saturated rings. The molecule has 0 radical (unpaired) electrons. The maximum absolute atomic E-state index is 5.79. The van der Waals surface area contributed by atoms with E-state index in [4.69, 9.17) is 56.2 Å². The molecule has 9 heteroatoms. The van der Waals surface area contributed by atoms with E-state index in [1.807, 2.05) is 26.2 Å². The lowest BCUT2D eigenvalue weighted by molar-refractivity contribution is 1.49. The van der Waals surface area contributed by atoms with Crippen LogP contribution >= 0.6 is 56.2 Å². The molecule has 1 N–H and O–H groups in total. The van der Waals surface area contributed by atoms with Crippen LogP contribution in [0, 0.1) is 0 Å². The Kier molecular flexibility index (Phi) is 9.62. The first-order valence-electron chi connectivity index (χ1n) is 3.54. The van der Waals surface area contributed by atoms with E-state index in [0.717, 1.165) is 0 Å². The van der Waals surface area contributed by atoms with E-state index in [1.165, 1.54) is 0 Å².